The average Bonchev–Trinajstić information content (AvgIpc) is 2.87. The molecular weight excluding hydrogens is 373 g/mol. The van der Waals surface area contributed by atoms with Crippen LogP contribution in [-0.2, 0) is 22.5 Å². The smallest absolute Gasteiger partial charge is 0.343 e. The fourth-order valence-corrected chi connectivity index (χ4v) is 2.82. The Morgan fingerprint density at radius 1 is 1.30 bits per heavy atom. The van der Waals surface area contributed by atoms with Crippen molar-refractivity contribution in [1.82, 2.24) is 15.1 Å². The van der Waals surface area contributed by atoms with E-state index in [4.69, 9.17) is 16.3 Å². The summed E-state index contributed by atoms with van der Waals surface area (Å²) < 4.78 is 19.4. The van der Waals surface area contributed by atoms with Gasteiger partial charge in [-0.3, -0.25) is 9.48 Å². The van der Waals surface area contributed by atoms with Gasteiger partial charge in [0.2, 0.25) is 0 Å². The summed E-state index contributed by atoms with van der Waals surface area (Å²) in [5.74, 6) is -1.09. The van der Waals surface area contributed by atoms with Crippen molar-refractivity contribution in [2.75, 3.05) is 13.2 Å². The van der Waals surface area contributed by atoms with Crippen LogP contribution in [0.2, 0.25) is 5.15 Å². The number of hydrogen-bond acceptors (Lipinski definition) is 4. The largest absolute Gasteiger partial charge is 0.452 e. The van der Waals surface area contributed by atoms with Gasteiger partial charge < -0.3 is 10.1 Å². The fraction of sp³-hybridized carbons (Fsp3) is 0.421. The van der Waals surface area contributed by atoms with Crippen LogP contribution in [0.3, 0.4) is 0 Å². The third kappa shape index (κ3) is 6.06. The normalized spacial score (nSPS) is 10.9. The number of benzene rings is 1. The number of aromatic nitrogens is 2. The number of hydrogen-bond donors (Lipinski definition) is 1. The maximum atomic E-state index is 12.8. The maximum absolute atomic E-state index is 12.8. The predicted octanol–water partition coefficient (Wildman–Crippen LogP) is 3.16. The second-order valence-corrected chi connectivity index (χ2v) is 6.99. The molecule has 1 aromatic carbocycles. The third-order valence-corrected chi connectivity index (χ3v) is 4.18. The monoisotopic (exact) mass is 395 g/mol. The van der Waals surface area contributed by atoms with E-state index in [9.17, 15) is 14.0 Å². The predicted molar refractivity (Wildman–Crippen MR) is 100 cm³/mol. The van der Waals surface area contributed by atoms with Crippen molar-refractivity contribution in [2.45, 2.75) is 33.7 Å². The first-order chi connectivity index (χ1) is 12.8. The van der Waals surface area contributed by atoms with Crippen molar-refractivity contribution in [3.05, 3.63) is 52.1 Å². The Bertz CT molecular complexity index is 803. The topological polar surface area (TPSA) is 73.2 Å². The van der Waals surface area contributed by atoms with Crippen molar-refractivity contribution in [3.8, 4) is 0 Å². The number of carbonyl (C=O) groups excluding carboxylic acids is 2. The molecule has 1 heterocycles. The molecule has 2 aromatic rings. The molecule has 1 amide bonds. The Balaban J connectivity index is 1.81. The minimum absolute atomic E-state index is 0.177. The molecule has 0 aliphatic heterocycles. The average molecular weight is 396 g/mol. The maximum Gasteiger partial charge on any atom is 0.343 e. The SMILES string of the molecule is Cc1nn(CC(C)C)c(Cl)c1C(=O)OCC(=O)NCCc1ccc(F)cc1. The number of carbonyl (C=O) groups is 2. The van der Waals surface area contributed by atoms with E-state index in [0.717, 1.165) is 5.56 Å². The van der Waals surface area contributed by atoms with Gasteiger partial charge in [-0.05, 0) is 37.0 Å². The first kappa shape index (κ1) is 20.9. The molecule has 0 aliphatic rings. The summed E-state index contributed by atoms with van der Waals surface area (Å²) in [5.41, 5.74) is 1.53. The highest BCUT2D eigenvalue weighted by Gasteiger charge is 2.22. The molecule has 27 heavy (non-hydrogen) atoms. The van der Waals surface area contributed by atoms with Gasteiger partial charge in [0.1, 0.15) is 16.5 Å². The van der Waals surface area contributed by atoms with Crippen molar-refractivity contribution in [2.24, 2.45) is 5.92 Å². The number of nitrogens with zero attached hydrogens (tertiary/aromatic N) is 2. The molecular formula is C19H23ClFN3O3. The molecule has 0 saturated carbocycles. The zero-order valence-electron chi connectivity index (χ0n) is 15.6. The number of ether oxygens (including phenoxy) is 1. The molecule has 0 bridgehead atoms. The van der Waals surface area contributed by atoms with E-state index < -0.39 is 18.5 Å². The second kappa shape index (κ2) is 9.50. The molecule has 8 heteroatoms. The van der Waals surface area contributed by atoms with E-state index in [1.165, 1.54) is 12.1 Å². The molecule has 0 atom stereocenters. The Morgan fingerprint density at radius 2 is 1.96 bits per heavy atom. The molecule has 0 fully saturated rings. The van der Waals surface area contributed by atoms with Gasteiger partial charge in [0.25, 0.3) is 5.91 Å². The first-order valence-corrected chi connectivity index (χ1v) is 9.07. The van der Waals surface area contributed by atoms with E-state index in [1.54, 1.807) is 23.7 Å². The van der Waals surface area contributed by atoms with E-state index in [1.807, 2.05) is 13.8 Å². The molecule has 2 rings (SSSR count). The second-order valence-electron chi connectivity index (χ2n) is 6.63. The van der Waals surface area contributed by atoms with Gasteiger partial charge in [-0.1, -0.05) is 37.6 Å². The van der Waals surface area contributed by atoms with Crippen LogP contribution in [0.4, 0.5) is 4.39 Å². The molecule has 0 unspecified atom stereocenters. The van der Waals surface area contributed by atoms with Crippen LogP contribution >= 0.6 is 11.6 Å². The highest BCUT2D eigenvalue weighted by Crippen LogP contribution is 2.21. The van der Waals surface area contributed by atoms with Crippen LogP contribution in [-0.4, -0.2) is 34.8 Å². The summed E-state index contributed by atoms with van der Waals surface area (Å²) in [6.45, 7) is 6.23. The van der Waals surface area contributed by atoms with Crippen LogP contribution in [0.25, 0.3) is 0 Å². The summed E-state index contributed by atoms with van der Waals surface area (Å²) in [4.78, 5) is 24.1. The minimum Gasteiger partial charge on any atom is -0.452 e. The Hall–Kier alpha value is -2.41. The first-order valence-electron chi connectivity index (χ1n) is 8.69. The quantitative estimate of drug-likeness (QED) is 0.697. The molecule has 0 aliphatic carbocycles. The van der Waals surface area contributed by atoms with Crippen LogP contribution < -0.4 is 5.32 Å². The zero-order valence-corrected chi connectivity index (χ0v) is 16.3. The van der Waals surface area contributed by atoms with Crippen LogP contribution in [0.15, 0.2) is 24.3 Å². The number of aryl methyl sites for hydroxylation is 1. The highest BCUT2D eigenvalue weighted by atomic mass is 35.5. The Labute approximate surface area is 162 Å². The Morgan fingerprint density at radius 3 is 2.59 bits per heavy atom. The van der Waals surface area contributed by atoms with Gasteiger partial charge in [0, 0.05) is 13.1 Å². The number of rotatable bonds is 8. The van der Waals surface area contributed by atoms with Gasteiger partial charge >= 0.3 is 5.97 Å². The summed E-state index contributed by atoms with van der Waals surface area (Å²) >= 11 is 6.22. The molecule has 0 radical (unpaired) electrons. The standard InChI is InChI=1S/C19H23ClFN3O3/c1-12(2)10-24-18(20)17(13(3)23-24)19(26)27-11-16(25)22-9-8-14-4-6-15(21)7-5-14/h4-7,12H,8-11H2,1-3H3,(H,22,25). The van der Waals surface area contributed by atoms with Crippen molar-refractivity contribution >= 4 is 23.5 Å². The molecule has 1 aromatic heterocycles. The van der Waals surface area contributed by atoms with Crippen LogP contribution in [0.1, 0.15) is 35.5 Å². The molecule has 1 N–H and O–H groups in total. The molecule has 146 valence electrons. The zero-order chi connectivity index (χ0) is 20.0. The highest BCUT2D eigenvalue weighted by molar-refractivity contribution is 6.32. The van der Waals surface area contributed by atoms with Crippen molar-refractivity contribution in [3.63, 3.8) is 0 Å². The van der Waals surface area contributed by atoms with Gasteiger partial charge in [0.15, 0.2) is 6.61 Å². The van der Waals surface area contributed by atoms with Gasteiger partial charge in [0.05, 0.1) is 5.69 Å². The molecule has 6 nitrogen and oxygen atoms in total. The van der Waals surface area contributed by atoms with Crippen molar-refractivity contribution < 1.29 is 18.7 Å². The lowest BCUT2D eigenvalue weighted by Gasteiger charge is -2.08. The van der Waals surface area contributed by atoms with E-state index in [-0.39, 0.29) is 16.5 Å². The van der Waals surface area contributed by atoms with Gasteiger partial charge in [-0.25, -0.2) is 9.18 Å². The van der Waals surface area contributed by atoms with Gasteiger partial charge in [-0.15, -0.1) is 0 Å². The molecule has 0 spiro atoms. The lowest BCUT2D eigenvalue weighted by molar-refractivity contribution is -0.124. The lowest BCUT2D eigenvalue weighted by atomic mass is 10.1. The van der Waals surface area contributed by atoms with E-state index >= 15 is 0 Å². The lowest BCUT2D eigenvalue weighted by Crippen LogP contribution is -2.30. The summed E-state index contributed by atoms with van der Waals surface area (Å²) in [6.07, 6.45) is 0.548. The number of amides is 1. The van der Waals surface area contributed by atoms with Crippen molar-refractivity contribution in [1.29, 1.82) is 0 Å². The van der Waals surface area contributed by atoms with Crippen LogP contribution in [0, 0.1) is 18.7 Å². The Kier molecular flexibility index (Phi) is 7.36. The summed E-state index contributed by atoms with van der Waals surface area (Å²) in [5, 5.41) is 7.10. The number of halogens is 2. The number of esters is 1. The summed E-state index contributed by atoms with van der Waals surface area (Å²) in [7, 11) is 0. The minimum atomic E-state index is -0.679. The van der Waals surface area contributed by atoms with Gasteiger partial charge in [-0.2, -0.15) is 5.10 Å². The molecule has 0 saturated heterocycles. The van der Waals surface area contributed by atoms with E-state index in [2.05, 4.69) is 10.4 Å². The van der Waals surface area contributed by atoms with Crippen LogP contribution in [0.5, 0.6) is 0 Å². The summed E-state index contributed by atoms with van der Waals surface area (Å²) in [6, 6.07) is 6.04. The third-order valence-electron chi connectivity index (χ3n) is 3.79. The number of nitrogens with one attached hydrogen (secondary N) is 1. The van der Waals surface area contributed by atoms with E-state index in [0.29, 0.717) is 31.1 Å². The fourth-order valence-electron chi connectivity index (χ4n) is 2.50.